The zero-order valence-corrected chi connectivity index (χ0v) is 18.3. The van der Waals surface area contributed by atoms with Crippen LogP contribution in [0.4, 0.5) is 5.13 Å². The summed E-state index contributed by atoms with van der Waals surface area (Å²) in [6, 6.07) is 11.6. The zero-order chi connectivity index (χ0) is 22.4. The molecule has 3 aromatic rings. The van der Waals surface area contributed by atoms with Crippen LogP contribution in [-0.4, -0.2) is 35.0 Å². The second kappa shape index (κ2) is 7.80. The van der Waals surface area contributed by atoms with Gasteiger partial charge in [-0.05, 0) is 48.4 Å². The normalized spacial score (nSPS) is 21.5. The van der Waals surface area contributed by atoms with Gasteiger partial charge in [0, 0.05) is 23.6 Å². The monoisotopic (exact) mass is 448 g/mol. The smallest absolute Gasteiger partial charge is 0.301 e. The van der Waals surface area contributed by atoms with E-state index in [4.69, 9.17) is 9.47 Å². The van der Waals surface area contributed by atoms with Crippen LogP contribution in [-0.2, 0) is 16.0 Å². The number of methoxy groups -OCH3 is 1. The Bertz CT molecular complexity index is 1230. The van der Waals surface area contributed by atoms with Gasteiger partial charge >= 0.3 is 5.91 Å². The average Bonchev–Trinajstić information content (AvgIpc) is 3.51. The van der Waals surface area contributed by atoms with Crippen LogP contribution < -0.4 is 14.4 Å². The lowest BCUT2D eigenvalue weighted by Crippen LogP contribution is -2.29. The molecule has 1 saturated heterocycles. The van der Waals surface area contributed by atoms with Gasteiger partial charge in [0.15, 0.2) is 5.13 Å². The van der Waals surface area contributed by atoms with Crippen LogP contribution in [0, 0.1) is 0 Å². The maximum absolute atomic E-state index is 13.1. The molecular formula is C24H20N2O5S. The molecule has 0 spiro atoms. The van der Waals surface area contributed by atoms with E-state index in [1.807, 2.05) is 13.0 Å². The first kappa shape index (κ1) is 20.3. The molecule has 1 amide bonds. The maximum Gasteiger partial charge on any atom is 0.301 e. The van der Waals surface area contributed by atoms with Crippen molar-refractivity contribution in [2.45, 2.75) is 25.5 Å². The summed E-state index contributed by atoms with van der Waals surface area (Å²) in [5.41, 5.74) is 2.12. The first-order chi connectivity index (χ1) is 15.5. The van der Waals surface area contributed by atoms with Crippen LogP contribution >= 0.6 is 11.3 Å². The van der Waals surface area contributed by atoms with Crippen LogP contribution in [0.15, 0.2) is 59.6 Å². The Morgan fingerprint density at radius 1 is 1.22 bits per heavy atom. The van der Waals surface area contributed by atoms with Crippen LogP contribution in [0.25, 0.3) is 5.76 Å². The van der Waals surface area contributed by atoms with Crippen LogP contribution in [0.1, 0.15) is 29.7 Å². The second-order valence-electron chi connectivity index (χ2n) is 7.71. The molecule has 0 radical (unpaired) electrons. The van der Waals surface area contributed by atoms with E-state index in [2.05, 4.69) is 4.98 Å². The van der Waals surface area contributed by atoms with E-state index in [0.29, 0.717) is 28.4 Å². The molecule has 2 atom stereocenters. The number of hydrogen-bond acceptors (Lipinski definition) is 7. The number of aliphatic hydroxyl groups excluding tert-OH is 1. The molecule has 32 heavy (non-hydrogen) atoms. The highest BCUT2D eigenvalue weighted by atomic mass is 32.1. The van der Waals surface area contributed by atoms with Crippen LogP contribution in [0.3, 0.4) is 0 Å². The number of anilines is 1. The molecule has 7 nitrogen and oxygen atoms in total. The van der Waals surface area contributed by atoms with E-state index in [0.717, 1.165) is 11.3 Å². The summed E-state index contributed by atoms with van der Waals surface area (Å²) in [5, 5.41) is 13.4. The number of ketones is 1. The zero-order valence-electron chi connectivity index (χ0n) is 17.4. The van der Waals surface area contributed by atoms with Crippen molar-refractivity contribution >= 4 is 33.9 Å². The summed E-state index contributed by atoms with van der Waals surface area (Å²) in [6.45, 7) is 1.97. The highest BCUT2D eigenvalue weighted by molar-refractivity contribution is 7.14. The van der Waals surface area contributed by atoms with Crippen LogP contribution in [0.2, 0.25) is 0 Å². The number of rotatable bonds is 4. The first-order valence-electron chi connectivity index (χ1n) is 10.1. The van der Waals surface area contributed by atoms with Gasteiger partial charge in [-0.25, -0.2) is 4.98 Å². The Labute approximate surface area is 188 Å². The molecule has 2 aromatic carbocycles. The molecule has 3 heterocycles. The summed E-state index contributed by atoms with van der Waals surface area (Å²) in [6.07, 6.45) is 2.34. The number of aliphatic hydroxyl groups is 1. The van der Waals surface area contributed by atoms with Crippen molar-refractivity contribution in [2.24, 2.45) is 0 Å². The third-order valence-corrected chi connectivity index (χ3v) is 6.44. The van der Waals surface area contributed by atoms with Gasteiger partial charge in [-0.1, -0.05) is 12.1 Å². The lowest BCUT2D eigenvalue weighted by atomic mass is 9.94. The minimum absolute atomic E-state index is 0.0299. The molecule has 0 aliphatic carbocycles. The number of thiazole rings is 1. The van der Waals surface area contributed by atoms with Gasteiger partial charge in [0.05, 0.1) is 18.7 Å². The van der Waals surface area contributed by atoms with E-state index >= 15 is 0 Å². The summed E-state index contributed by atoms with van der Waals surface area (Å²) < 4.78 is 11.0. The average molecular weight is 449 g/mol. The third kappa shape index (κ3) is 3.23. The number of fused-ring (bicyclic) bond motifs is 1. The Morgan fingerprint density at radius 2 is 2.00 bits per heavy atom. The van der Waals surface area contributed by atoms with E-state index in [-0.39, 0.29) is 17.4 Å². The molecule has 0 bridgehead atoms. The highest BCUT2D eigenvalue weighted by Gasteiger charge is 2.48. The summed E-state index contributed by atoms with van der Waals surface area (Å²) in [5.74, 6) is -0.272. The van der Waals surface area contributed by atoms with Crippen molar-refractivity contribution < 1.29 is 24.2 Å². The molecule has 2 aliphatic heterocycles. The van der Waals surface area contributed by atoms with E-state index in [9.17, 15) is 14.7 Å². The number of aromatic nitrogens is 1. The number of amides is 1. The SMILES string of the molecule is COc1ccc(C2/C(=C(/O)c3ccc4c(c3)CC(C)O4)C(=O)C(=O)N2c2nccs2)cc1. The molecule has 0 saturated carbocycles. The van der Waals surface area contributed by atoms with Crippen molar-refractivity contribution in [3.05, 3.63) is 76.3 Å². The van der Waals surface area contributed by atoms with Crippen molar-refractivity contribution in [1.29, 1.82) is 0 Å². The highest BCUT2D eigenvalue weighted by Crippen LogP contribution is 2.43. The number of ether oxygens (including phenoxy) is 2. The van der Waals surface area contributed by atoms with E-state index < -0.39 is 17.7 Å². The number of carbonyl (C=O) groups is 2. The topological polar surface area (TPSA) is 89.0 Å². The number of Topliss-reactive ketones (excluding diaryl/α,β-unsaturated/α-hetero) is 1. The molecule has 8 heteroatoms. The molecule has 162 valence electrons. The predicted octanol–water partition coefficient (Wildman–Crippen LogP) is 4.10. The van der Waals surface area contributed by atoms with Crippen molar-refractivity contribution in [1.82, 2.24) is 4.98 Å². The largest absolute Gasteiger partial charge is 0.507 e. The summed E-state index contributed by atoms with van der Waals surface area (Å²) in [7, 11) is 1.56. The fraction of sp³-hybridized carbons (Fsp3) is 0.208. The van der Waals surface area contributed by atoms with Crippen LogP contribution in [0.5, 0.6) is 11.5 Å². The van der Waals surface area contributed by atoms with Gasteiger partial charge < -0.3 is 14.6 Å². The molecule has 2 unspecified atom stereocenters. The number of nitrogens with zero attached hydrogens (tertiary/aromatic N) is 2. The quantitative estimate of drug-likeness (QED) is 0.367. The van der Waals surface area contributed by atoms with Gasteiger partial charge in [0.25, 0.3) is 5.78 Å². The van der Waals surface area contributed by atoms with Gasteiger partial charge in [-0.3, -0.25) is 14.5 Å². The Kier molecular flexibility index (Phi) is 4.94. The molecule has 5 rings (SSSR count). The van der Waals surface area contributed by atoms with E-state index in [1.165, 1.54) is 16.2 Å². The maximum atomic E-state index is 13.1. The molecule has 2 aliphatic rings. The van der Waals surface area contributed by atoms with Crippen molar-refractivity contribution in [3.8, 4) is 11.5 Å². The second-order valence-corrected chi connectivity index (χ2v) is 8.59. The fourth-order valence-corrected chi connectivity index (χ4v) is 4.86. The fourth-order valence-electron chi connectivity index (χ4n) is 4.19. The lowest BCUT2D eigenvalue weighted by Gasteiger charge is -2.23. The van der Waals surface area contributed by atoms with Gasteiger partial charge in [0.2, 0.25) is 0 Å². The lowest BCUT2D eigenvalue weighted by molar-refractivity contribution is -0.132. The molecule has 1 N–H and O–H groups in total. The summed E-state index contributed by atoms with van der Waals surface area (Å²) in [4.78, 5) is 31.8. The first-order valence-corrected chi connectivity index (χ1v) is 11.0. The van der Waals surface area contributed by atoms with E-state index in [1.54, 1.807) is 55.1 Å². The van der Waals surface area contributed by atoms with Gasteiger partial charge in [0.1, 0.15) is 23.4 Å². The van der Waals surface area contributed by atoms with Gasteiger partial charge in [-0.2, -0.15) is 0 Å². The minimum Gasteiger partial charge on any atom is -0.507 e. The van der Waals surface area contributed by atoms with Crippen molar-refractivity contribution in [3.63, 3.8) is 0 Å². The molecular weight excluding hydrogens is 428 g/mol. The number of benzene rings is 2. The Hall–Kier alpha value is -3.65. The Balaban J connectivity index is 1.67. The number of hydrogen-bond donors (Lipinski definition) is 1. The van der Waals surface area contributed by atoms with Gasteiger partial charge in [-0.15, -0.1) is 11.3 Å². The molecule has 1 aromatic heterocycles. The Morgan fingerprint density at radius 3 is 2.69 bits per heavy atom. The minimum atomic E-state index is -0.810. The van der Waals surface area contributed by atoms with Crippen molar-refractivity contribution in [2.75, 3.05) is 12.0 Å². The molecule has 1 fully saturated rings. The standard InChI is InChI=1S/C24H20N2O5S/c1-13-11-16-12-15(5-8-18(16)31-13)21(27)19-20(14-3-6-17(30-2)7-4-14)26(23(29)22(19)28)24-25-9-10-32-24/h3-10,12-13,20,27H,11H2,1-2H3/b21-19-. The number of carbonyl (C=O) groups excluding carboxylic acids is 2. The third-order valence-electron chi connectivity index (χ3n) is 5.67. The predicted molar refractivity (Wildman–Crippen MR) is 120 cm³/mol. The summed E-state index contributed by atoms with van der Waals surface area (Å²) >= 11 is 1.25.